The minimum Gasteiger partial charge on any atom is -0.497 e. The Morgan fingerprint density at radius 2 is 1.69 bits per heavy atom. The van der Waals surface area contributed by atoms with Crippen molar-refractivity contribution in [3.63, 3.8) is 0 Å². The molecular weight excluding hydrogens is 428 g/mol. The van der Waals surface area contributed by atoms with E-state index in [4.69, 9.17) is 9.47 Å². The van der Waals surface area contributed by atoms with E-state index in [1.165, 1.54) is 32.8 Å². The zero-order valence-corrected chi connectivity index (χ0v) is 20.0. The molecule has 0 N–H and O–H groups in total. The predicted octanol–water partition coefficient (Wildman–Crippen LogP) is 3.44. The van der Waals surface area contributed by atoms with Crippen molar-refractivity contribution in [1.82, 2.24) is 9.21 Å². The minimum atomic E-state index is -3.72. The van der Waals surface area contributed by atoms with Crippen molar-refractivity contribution in [2.45, 2.75) is 30.6 Å². The summed E-state index contributed by atoms with van der Waals surface area (Å²) >= 11 is 0. The molecule has 1 heterocycles. The van der Waals surface area contributed by atoms with E-state index in [0.717, 1.165) is 35.7 Å². The van der Waals surface area contributed by atoms with Crippen molar-refractivity contribution in [2.24, 2.45) is 5.92 Å². The van der Waals surface area contributed by atoms with Crippen molar-refractivity contribution >= 4 is 15.9 Å². The number of sulfonamides is 1. The second-order valence-electron chi connectivity index (χ2n) is 8.28. The van der Waals surface area contributed by atoms with E-state index >= 15 is 0 Å². The standard InChI is InChI=1S/C24H32N2O5S/c1-25(2)32(28,29)23-17-20(9-12-22(23)31-4)24(27)26-15-13-19(14-16-26)6-5-18-7-10-21(30-3)11-8-18/h7-12,17,19H,5-6,13-16H2,1-4H3. The van der Waals surface area contributed by atoms with E-state index in [9.17, 15) is 13.2 Å². The number of hydrogen-bond acceptors (Lipinski definition) is 5. The summed E-state index contributed by atoms with van der Waals surface area (Å²) in [5.74, 6) is 1.52. The second kappa shape index (κ2) is 10.4. The molecule has 8 heteroatoms. The van der Waals surface area contributed by atoms with Gasteiger partial charge in [0.15, 0.2) is 0 Å². The Kier molecular flexibility index (Phi) is 7.79. The average Bonchev–Trinajstić information content (AvgIpc) is 2.82. The van der Waals surface area contributed by atoms with E-state index in [1.54, 1.807) is 19.2 Å². The molecule has 3 rings (SSSR count). The van der Waals surface area contributed by atoms with E-state index in [-0.39, 0.29) is 16.6 Å². The number of likely N-dealkylation sites (tertiary alicyclic amines) is 1. The van der Waals surface area contributed by atoms with Crippen LogP contribution in [0.1, 0.15) is 35.2 Å². The normalized spacial score (nSPS) is 15.1. The number of methoxy groups -OCH3 is 2. The first-order chi connectivity index (χ1) is 15.3. The highest BCUT2D eigenvalue weighted by Crippen LogP contribution is 2.29. The van der Waals surface area contributed by atoms with Gasteiger partial charge in [0.05, 0.1) is 14.2 Å². The van der Waals surface area contributed by atoms with Crippen molar-refractivity contribution in [1.29, 1.82) is 0 Å². The third kappa shape index (κ3) is 5.42. The highest BCUT2D eigenvalue weighted by Gasteiger charge is 2.27. The average molecular weight is 461 g/mol. The number of rotatable bonds is 8. The summed E-state index contributed by atoms with van der Waals surface area (Å²) in [7, 11) is 2.28. The largest absolute Gasteiger partial charge is 0.497 e. The number of nitrogens with zero attached hydrogens (tertiary/aromatic N) is 2. The summed E-state index contributed by atoms with van der Waals surface area (Å²) in [5.41, 5.74) is 1.65. The molecule has 0 aliphatic carbocycles. The van der Waals surface area contributed by atoms with Gasteiger partial charge in [-0.25, -0.2) is 12.7 Å². The van der Waals surface area contributed by atoms with E-state index in [1.807, 2.05) is 17.0 Å². The van der Waals surface area contributed by atoms with Crippen LogP contribution in [-0.4, -0.2) is 64.9 Å². The molecule has 174 valence electrons. The van der Waals surface area contributed by atoms with Crippen LogP contribution in [0.25, 0.3) is 0 Å². The summed E-state index contributed by atoms with van der Waals surface area (Å²) in [6, 6.07) is 12.8. The lowest BCUT2D eigenvalue weighted by atomic mass is 9.90. The molecule has 0 radical (unpaired) electrons. The number of hydrogen-bond donors (Lipinski definition) is 0. The SMILES string of the molecule is COc1ccc(CCC2CCN(C(=O)c3ccc(OC)c(S(=O)(=O)N(C)C)c3)CC2)cc1. The van der Waals surface area contributed by atoms with Crippen LogP contribution in [0.5, 0.6) is 11.5 Å². The zero-order valence-electron chi connectivity index (χ0n) is 19.2. The van der Waals surface area contributed by atoms with Crippen LogP contribution < -0.4 is 9.47 Å². The maximum absolute atomic E-state index is 13.1. The van der Waals surface area contributed by atoms with Crippen LogP contribution in [0.2, 0.25) is 0 Å². The lowest BCUT2D eigenvalue weighted by molar-refractivity contribution is 0.0686. The van der Waals surface area contributed by atoms with E-state index < -0.39 is 10.0 Å². The fourth-order valence-electron chi connectivity index (χ4n) is 3.98. The Morgan fingerprint density at radius 1 is 1.03 bits per heavy atom. The molecule has 0 atom stereocenters. The topological polar surface area (TPSA) is 76.1 Å². The van der Waals surface area contributed by atoms with Crippen molar-refractivity contribution in [3.8, 4) is 11.5 Å². The maximum atomic E-state index is 13.1. The molecule has 1 saturated heterocycles. The summed E-state index contributed by atoms with van der Waals surface area (Å²) in [6.07, 6.45) is 3.98. The van der Waals surface area contributed by atoms with Gasteiger partial charge in [0.2, 0.25) is 10.0 Å². The van der Waals surface area contributed by atoms with E-state index in [2.05, 4.69) is 12.1 Å². The molecule has 2 aromatic rings. The van der Waals surface area contributed by atoms with Gasteiger partial charge in [-0.3, -0.25) is 4.79 Å². The van der Waals surface area contributed by atoms with Gasteiger partial charge in [-0.15, -0.1) is 0 Å². The third-order valence-electron chi connectivity index (χ3n) is 6.07. The Hall–Kier alpha value is -2.58. The van der Waals surface area contributed by atoms with Crippen LogP contribution in [0, 0.1) is 5.92 Å². The first-order valence-electron chi connectivity index (χ1n) is 10.8. The third-order valence-corrected chi connectivity index (χ3v) is 7.91. The molecule has 0 unspecified atom stereocenters. The molecule has 1 amide bonds. The first-order valence-corrected chi connectivity index (χ1v) is 12.2. The number of carbonyl (C=O) groups excluding carboxylic acids is 1. The van der Waals surface area contributed by atoms with Gasteiger partial charge in [-0.05, 0) is 67.5 Å². The highest BCUT2D eigenvalue weighted by molar-refractivity contribution is 7.89. The van der Waals surface area contributed by atoms with Gasteiger partial charge in [-0.1, -0.05) is 12.1 Å². The van der Waals surface area contributed by atoms with Crippen molar-refractivity contribution in [2.75, 3.05) is 41.4 Å². The molecule has 32 heavy (non-hydrogen) atoms. The van der Waals surface area contributed by atoms with Gasteiger partial charge < -0.3 is 14.4 Å². The fourth-order valence-corrected chi connectivity index (χ4v) is 5.05. The molecule has 0 saturated carbocycles. The molecule has 1 aliphatic heterocycles. The maximum Gasteiger partial charge on any atom is 0.253 e. The monoisotopic (exact) mass is 460 g/mol. The van der Waals surface area contributed by atoms with Crippen LogP contribution in [0.3, 0.4) is 0 Å². The van der Waals surface area contributed by atoms with Crippen LogP contribution >= 0.6 is 0 Å². The molecule has 0 spiro atoms. The Bertz CT molecular complexity index is 1030. The zero-order chi connectivity index (χ0) is 23.3. The van der Waals surface area contributed by atoms with Crippen molar-refractivity contribution < 1.29 is 22.7 Å². The number of benzene rings is 2. The van der Waals surface area contributed by atoms with Gasteiger partial charge in [-0.2, -0.15) is 0 Å². The number of piperidine rings is 1. The molecule has 1 fully saturated rings. The van der Waals surface area contributed by atoms with Gasteiger partial charge in [0.25, 0.3) is 5.91 Å². The lowest BCUT2D eigenvalue weighted by Gasteiger charge is -2.32. The first kappa shape index (κ1) is 24.1. The molecule has 0 bridgehead atoms. The molecule has 2 aromatic carbocycles. The van der Waals surface area contributed by atoms with Gasteiger partial charge >= 0.3 is 0 Å². The molecule has 1 aliphatic rings. The van der Waals surface area contributed by atoms with Gasteiger partial charge in [0.1, 0.15) is 16.4 Å². The predicted molar refractivity (Wildman–Crippen MR) is 124 cm³/mol. The number of ether oxygens (including phenoxy) is 2. The van der Waals surface area contributed by atoms with Crippen molar-refractivity contribution in [3.05, 3.63) is 53.6 Å². The number of aryl methyl sites for hydroxylation is 1. The highest BCUT2D eigenvalue weighted by atomic mass is 32.2. The Labute approximate surface area is 191 Å². The molecular formula is C24H32N2O5S. The second-order valence-corrected chi connectivity index (χ2v) is 10.4. The number of amides is 1. The Morgan fingerprint density at radius 3 is 2.25 bits per heavy atom. The molecule has 7 nitrogen and oxygen atoms in total. The quantitative estimate of drug-likeness (QED) is 0.603. The fraction of sp³-hybridized carbons (Fsp3) is 0.458. The van der Waals surface area contributed by atoms with Crippen LogP contribution in [0.4, 0.5) is 0 Å². The van der Waals surface area contributed by atoms with Crippen LogP contribution in [-0.2, 0) is 16.4 Å². The van der Waals surface area contributed by atoms with E-state index in [0.29, 0.717) is 24.6 Å². The summed E-state index contributed by atoms with van der Waals surface area (Å²) in [4.78, 5) is 14.9. The smallest absolute Gasteiger partial charge is 0.253 e. The Balaban J connectivity index is 1.61. The minimum absolute atomic E-state index is 0.00484. The summed E-state index contributed by atoms with van der Waals surface area (Å²) in [5, 5.41) is 0. The van der Waals surface area contributed by atoms with Gasteiger partial charge in [0, 0.05) is 32.7 Å². The number of carbonyl (C=O) groups is 1. The summed E-state index contributed by atoms with van der Waals surface area (Å²) in [6.45, 7) is 1.35. The van der Waals surface area contributed by atoms with Crippen LogP contribution in [0.15, 0.2) is 47.4 Å². The lowest BCUT2D eigenvalue weighted by Crippen LogP contribution is -2.38. The summed E-state index contributed by atoms with van der Waals surface area (Å²) < 4.78 is 36.8. The molecule has 0 aromatic heterocycles.